The van der Waals surface area contributed by atoms with E-state index in [1.807, 2.05) is 44.1 Å². The fourth-order valence-corrected chi connectivity index (χ4v) is 3.21. The minimum atomic E-state index is -0.271. The molecule has 1 aromatic carbocycles. The predicted octanol–water partition coefficient (Wildman–Crippen LogP) is 3.92. The summed E-state index contributed by atoms with van der Waals surface area (Å²) in [6.45, 7) is 3.64. The van der Waals surface area contributed by atoms with Gasteiger partial charge in [0.1, 0.15) is 22.3 Å². The van der Waals surface area contributed by atoms with E-state index >= 15 is 0 Å². The van der Waals surface area contributed by atoms with Crippen LogP contribution >= 0.6 is 11.3 Å². The van der Waals surface area contributed by atoms with Crippen LogP contribution in [0.5, 0.6) is 5.75 Å². The molecule has 0 unspecified atom stereocenters. The van der Waals surface area contributed by atoms with Crippen LogP contribution in [-0.2, 0) is 0 Å². The summed E-state index contributed by atoms with van der Waals surface area (Å²) >= 11 is 1.23. The first-order valence-electron chi connectivity index (χ1n) is 8.33. The first kappa shape index (κ1) is 18.7. The molecule has 0 spiro atoms. The minimum absolute atomic E-state index is 0.148. The molecule has 3 N–H and O–H groups in total. The van der Waals surface area contributed by atoms with Gasteiger partial charge in [-0.05, 0) is 37.6 Å². The van der Waals surface area contributed by atoms with Crippen molar-refractivity contribution >= 4 is 39.7 Å². The summed E-state index contributed by atoms with van der Waals surface area (Å²) in [5.41, 5.74) is 2.13. The number of nitrogens with zero attached hydrogens (tertiary/aromatic N) is 3. The summed E-state index contributed by atoms with van der Waals surface area (Å²) in [7, 11) is 3.84. The zero-order chi connectivity index (χ0) is 19.6. The number of phenols is 1. The molecule has 0 saturated heterocycles. The number of hydrogen-bond donors (Lipinski definition) is 3. The molecule has 0 aliphatic carbocycles. The number of thiazole rings is 1. The van der Waals surface area contributed by atoms with E-state index in [9.17, 15) is 9.90 Å². The molecule has 0 atom stereocenters. The largest absolute Gasteiger partial charge is 0.508 e. The maximum absolute atomic E-state index is 12.6. The monoisotopic (exact) mass is 383 g/mol. The number of rotatable bonds is 5. The van der Waals surface area contributed by atoms with E-state index in [-0.39, 0.29) is 11.7 Å². The SMILES string of the molecule is Cc1ccc(O)c(C)c1NC(=O)c1cnc(Nc2cccc(N(C)C)n2)s1. The van der Waals surface area contributed by atoms with E-state index in [2.05, 4.69) is 20.6 Å². The van der Waals surface area contributed by atoms with Gasteiger partial charge in [0.25, 0.3) is 5.91 Å². The van der Waals surface area contributed by atoms with Gasteiger partial charge in [-0.2, -0.15) is 0 Å². The van der Waals surface area contributed by atoms with Gasteiger partial charge in [-0.3, -0.25) is 4.79 Å². The smallest absolute Gasteiger partial charge is 0.267 e. The Kier molecular flexibility index (Phi) is 5.27. The number of aromatic nitrogens is 2. The zero-order valence-corrected chi connectivity index (χ0v) is 16.4. The quantitative estimate of drug-likeness (QED) is 0.619. The molecule has 3 rings (SSSR count). The summed E-state index contributed by atoms with van der Waals surface area (Å²) in [4.78, 5) is 23.7. The molecule has 1 amide bonds. The van der Waals surface area contributed by atoms with E-state index in [0.29, 0.717) is 27.1 Å². The fourth-order valence-electron chi connectivity index (χ4n) is 2.49. The van der Waals surface area contributed by atoms with Crippen LogP contribution in [0.1, 0.15) is 20.8 Å². The molecule has 0 aliphatic rings. The summed E-state index contributed by atoms with van der Waals surface area (Å²) in [6, 6.07) is 9.03. The maximum Gasteiger partial charge on any atom is 0.267 e. The van der Waals surface area contributed by atoms with Gasteiger partial charge in [-0.1, -0.05) is 23.5 Å². The molecule has 7 nitrogen and oxygen atoms in total. The Hall–Kier alpha value is -3.13. The molecule has 0 saturated carbocycles. The van der Waals surface area contributed by atoms with Crippen molar-refractivity contribution < 1.29 is 9.90 Å². The highest BCUT2D eigenvalue weighted by Gasteiger charge is 2.15. The van der Waals surface area contributed by atoms with Gasteiger partial charge in [0.15, 0.2) is 5.13 Å². The van der Waals surface area contributed by atoms with Crippen molar-refractivity contribution in [3.63, 3.8) is 0 Å². The summed E-state index contributed by atoms with van der Waals surface area (Å²) < 4.78 is 0. The molecule has 0 aliphatic heterocycles. The molecule has 8 heteroatoms. The van der Waals surface area contributed by atoms with Gasteiger partial charge in [0.05, 0.1) is 11.9 Å². The molecule has 3 aromatic rings. The second-order valence-corrected chi connectivity index (χ2v) is 7.32. The highest BCUT2D eigenvalue weighted by Crippen LogP contribution is 2.29. The van der Waals surface area contributed by atoms with Crippen molar-refractivity contribution in [1.82, 2.24) is 9.97 Å². The number of benzene rings is 1. The number of pyridine rings is 1. The van der Waals surface area contributed by atoms with Crippen molar-refractivity contribution in [2.24, 2.45) is 0 Å². The third-order valence-corrected chi connectivity index (χ3v) is 4.95. The Morgan fingerprint density at radius 1 is 1.19 bits per heavy atom. The second-order valence-electron chi connectivity index (χ2n) is 6.29. The Morgan fingerprint density at radius 2 is 1.96 bits per heavy atom. The van der Waals surface area contributed by atoms with Gasteiger partial charge < -0.3 is 20.6 Å². The van der Waals surface area contributed by atoms with E-state index in [4.69, 9.17) is 0 Å². The molecule has 0 radical (unpaired) electrons. The lowest BCUT2D eigenvalue weighted by Gasteiger charge is -2.12. The maximum atomic E-state index is 12.6. The van der Waals surface area contributed by atoms with Crippen molar-refractivity contribution in [3.8, 4) is 5.75 Å². The number of carbonyl (C=O) groups is 1. The molecular weight excluding hydrogens is 362 g/mol. The van der Waals surface area contributed by atoms with Crippen molar-refractivity contribution in [2.75, 3.05) is 29.6 Å². The molecule has 140 valence electrons. The first-order valence-corrected chi connectivity index (χ1v) is 9.14. The van der Waals surface area contributed by atoms with E-state index in [1.54, 1.807) is 19.1 Å². The highest BCUT2D eigenvalue weighted by atomic mass is 32.1. The van der Waals surface area contributed by atoms with Crippen LogP contribution in [0, 0.1) is 13.8 Å². The number of aryl methyl sites for hydroxylation is 1. The minimum Gasteiger partial charge on any atom is -0.508 e. The fraction of sp³-hybridized carbons (Fsp3) is 0.211. The van der Waals surface area contributed by atoms with E-state index in [1.165, 1.54) is 17.5 Å². The number of phenolic OH excluding ortho intramolecular Hbond substituents is 1. The molecule has 0 bridgehead atoms. The summed E-state index contributed by atoms with van der Waals surface area (Å²) in [5, 5.41) is 16.4. The van der Waals surface area contributed by atoms with E-state index < -0.39 is 0 Å². The number of anilines is 4. The van der Waals surface area contributed by atoms with Crippen LogP contribution in [0.3, 0.4) is 0 Å². The molecule has 27 heavy (non-hydrogen) atoms. The van der Waals surface area contributed by atoms with Crippen LogP contribution in [0.25, 0.3) is 0 Å². The van der Waals surface area contributed by atoms with Gasteiger partial charge in [0, 0.05) is 19.7 Å². The second kappa shape index (κ2) is 7.63. The Morgan fingerprint density at radius 3 is 2.70 bits per heavy atom. The lowest BCUT2D eigenvalue weighted by Crippen LogP contribution is -2.12. The number of aromatic hydroxyl groups is 1. The van der Waals surface area contributed by atoms with Crippen LogP contribution < -0.4 is 15.5 Å². The summed E-state index contributed by atoms with van der Waals surface area (Å²) in [6.07, 6.45) is 1.52. The average molecular weight is 383 g/mol. The topological polar surface area (TPSA) is 90.4 Å². The van der Waals surface area contributed by atoms with E-state index in [0.717, 1.165) is 11.4 Å². The van der Waals surface area contributed by atoms with Crippen LogP contribution in [0.2, 0.25) is 0 Å². The first-order chi connectivity index (χ1) is 12.8. The number of amides is 1. The summed E-state index contributed by atoms with van der Waals surface area (Å²) in [5.74, 6) is 1.35. The highest BCUT2D eigenvalue weighted by molar-refractivity contribution is 7.17. The Balaban J connectivity index is 1.75. The van der Waals surface area contributed by atoms with Crippen LogP contribution in [0.15, 0.2) is 36.5 Å². The van der Waals surface area contributed by atoms with Crippen molar-refractivity contribution in [3.05, 3.63) is 52.5 Å². The lowest BCUT2D eigenvalue weighted by atomic mass is 10.1. The average Bonchev–Trinajstić information content (AvgIpc) is 3.10. The van der Waals surface area contributed by atoms with Crippen LogP contribution in [-0.4, -0.2) is 35.1 Å². The van der Waals surface area contributed by atoms with Crippen LogP contribution in [0.4, 0.5) is 22.5 Å². The predicted molar refractivity (Wildman–Crippen MR) is 109 cm³/mol. The van der Waals surface area contributed by atoms with Crippen molar-refractivity contribution in [2.45, 2.75) is 13.8 Å². The molecule has 2 heterocycles. The third-order valence-electron chi connectivity index (χ3n) is 4.04. The third kappa shape index (κ3) is 4.17. The van der Waals surface area contributed by atoms with Gasteiger partial charge in [0.2, 0.25) is 0 Å². The van der Waals surface area contributed by atoms with Gasteiger partial charge in [-0.25, -0.2) is 9.97 Å². The Labute approximate surface area is 161 Å². The zero-order valence-electron chi connectivity index (χ0n) is 15.6. The number of carbonyl (C=O) groups excluding carboxylic acids is 1. The molecular formula is C19H21N5O2S. The van der Waals surface area contributed by atoms with Gasteiger partial charge >= 0.3 is 0 Å². The molecule has 0 fully saturated rings. The Bertz CT molecular complexity index is 984. The van der Waals surface area contributed by atoms with Gasteiger partial charge in [-0.15, -0.1) is 0 Å². The van der Waals surface area contributed by atoms with Crippen molar-refractivity contribution in [1.29, 1.82) is 0 Å². The normalized spacial score (nSPS) is 10.5. The number of hydrogen-bond acceptors (Lipinski definition) is 7. The molecule has 2 aromatic heterocycles. The lowest BCUT2D eigenvalue weighted by molar-refractivity contribution is 0.103. The standard InChI is InChI=1S/C19H21N5O2S/c1-11-8-9-13(25)12(2)17(11)23-18(26)14-10-20-19(27-14)22-15-6-5-7-16(21-15)24(3)4/h5-10,25H,1-4H3,(H,23,26)(H,20,21,22). The number of nitrogens with one attached hydrogen (secondary N) is 2.